The van der Waals surface area contributed by atoms with Crippen LogP contribution in [0.3, 0.4) is 0 Å². The van der Waals surface area contributed by atoms with Crippen LogP contribution < -0.4 is 10.1 Å². The van der Waals surface area contributed by atoms with E-state index in [9.17, 15) is 13.2 Å². The predicted molar refractivity (Wildman–Crippen MR) is 158 cm³/mol. The van der Waals surface area contributed by atoms with Crippen LogP contribution in [0.25, 0.3) is 11.4 Å². The maximum Gasteiger partial charge on any atom is 0.243 e. The normalized spacial score (nSPS) is 11.5. The van der Waals surface area contributed by atoms with Gasteiger partial charge in [-0.1, -0.05) is 74.1 Å². The molecule has 0 fully saturated rings. The van der Waals surface area contributed by atoms with E-state index in [2.05, 4.69) is 27.6 Å². The van der Waals surface area contributed by atoms with Crippen LogP contribution in [0.2, 0.25) is 0 Å². The highest BCUT2D eigenvalue weighted by molar-refractivity contribution is 7.99. The van der Waals surface area contributed by atoms with Gasteiger partial charge < -0.3 is 14.6 Å². The molecule has 0 radical (unpaired) electrons. The van der Waals surface area contributed by atoms with Crippen molar-refractivity contribution in [3.63, 3.8) is 0 Å². The molecule has 1 aromatic heterocycles. The Bertz CT molecular complexity index is 1540. The lowest BCUT2D eigenvalue weighted by Gasteiger charge is -2.19. The van der Waals surface area contributed by atoms with Gasteiger partial charge in [-0.2, -0.15) is 4.31 Å². The fraction of sp³-hybridized carbons (Fsp3) is 0.276. The molecule has 11 heteroatoms. The van der Waals surface area contributed by atoms with Crippen molar-refractivity contribution in [2.75, 3.05) is 31.3 Å². The Kier molecular flexibility index (Phi) is 9.97. The average molecular weight is 580 g/mol. The quantitative estimate of drug-likeness (QED) is 0.223. The molecule has 0 spiro atoms. The summed E-state index contributed by atoms with van der Waals surface area (Å²) in [4.78, 5) is 12.9. The number of benzene rings is 3. The van der Waals surface area contributed by atoms with Gasteiger partial charge >= 0.3 is 0 Å². The predicted octanol–water partition coefficient (Wildman–Crippen LogP) is 4.96. The lowest BCUT2D eigenvalue weighted by molar-refractivity contribution is -0.113. The van der Waals surface area contributed by atoms with Gasteiger partial charge in [0, 0.05) is 37.0 Å². The van der Waals surface area contributed by atoms with Crippen LogP contribution in [-0.2, 0) is 27.8 Å². The van der Waals surface area contributed by atoms with Crippen molar-refractivity contribution in [2.24, 2.45) is 0 Å². The monoisotopic (exact) mass is 579 g/mol. The standard InChI is InChI=1S/C29H33N5O4S2/c1-4-33(5-2)40(36,37)26-16-9-13-23(19-26)28-31-32-29(34(28)18-17-22-11-7-6-8-12-22)39-21-27(35)30-24-14-10-15-25(20-24)38-3/h6-16,19-20H,4-5,17-18,21H2,1-3H3,(H,30,35). The smallest absolute Gasteiger partial charge is 0.243 e. The number of rotatable bonds is 13. The second-order valence-corrected chi connectivity index (χ2v) is 11.8. The maximum absolute atomic E-state index is 13.2. The third-order valence-electron chi connectivity index (χ3n) is 6.31. The lowest BCUT2D eigenvalue weighted by Crippen LogP contribution is -2.30. The van der Waals surface area contributed by atoms with E-state index in [1.54, 1.807) is 37.4 Å². The van der Waals surface area contributed by atoms with Gasteiger partial charge in [-0.05, 0) is 36.2 Å². The number of nitrogens with one attached hydrogen (secondary N) is 1. The minimum atomic E-state index is -3.64. The highest BCUT2D eigenvalue weighted by Gasteiger charge is 2.23. The van der Waals surface area contributed by atoms with Gasteiger partial charge in [0.05, 0.1) is 17.8 Å². The largest absolute Gasteiger partial charge is 0.497 e. The highest BCUT2D eigenvalue weighted by atomic mass is 32.2. The second kappa shape index (κ2) is 13.6. The molecule has 0 bridgehead atoms. The van der Waals surface area contributed by atoms with Crippen LogP contribution in [0, 0.1) is 0 Å². The van der Waals surface area contributed by atoms with Crippen LogP contribution in [0.4, 0.5) is 5.69 Å². The summed E-state index contributed by atoms with van der Waals surface area (Å²) in [5.74, 6) is 1.13. The summed E-state index contributed by atoms with van der Waals surface area (Å²) >= 11 is 1.28. The number of hydrogen-bond acceptors (Lipinski definition) is 7. The van der Waals surface area contributed by atoms with Crippen LogP contribution in [0.1, 0.15) is 19.4 Å². The van der Waals surface area contributed by atoms with E-state index in [1.807, 2.05) is 54.8 Å². The number of amides is 1. The van der Waals surface area contributed by atoms with E-state index >= 15 is 0 Å². The number of aryl methyl sites for hydroxylation is 1. The molecule has 3 aromatic carbocycles. The van der Waals surface area contributed by atoms with Crippen molar-refractivity contribution in [3.05, 3.63) is 84.4 Å². The molecule has 1 amide bonds. The van der Waals surface area contributed by atoms with Crippen molar-refractivity contribution in [3.8, 4) is 17.1 Å². The van der Waals surface area contributed by atoms with Crippen LogP contribution >= 0.6 is 11.8 Å². The summed E-state index contributed by atoms with van der Waals surface area (Å²) < 4.78 is 34.9. The number of nitrogens with zero attached hydrogens (tertiary/aromatic N) is 4. The molecule has 0 aliphatic carbocycles. The SMILES string of the molecule is CCN(CC)S(=O)(=O)c1cccc(-c2nnc(SCC(=O)Nc3cccc(OC)c3)n2CCc2ccccc2)c1. The van der Waals surface area contributed by atoms with Gasteiger partial charge in [-0.15, -0.1) is 10.2 Å². The zero-order valence-corrected chi connectivity index (χ0v) is 24.4. The fourth-order valence-electron chi connectivity index (χ4n) is 4.23. The zero-order valence-electron chi connectivity index (χ0n) is 22.8. The molecule has 0 aliphatic heterocycles. The maximum atomic E-state index is 13.2. The molecule has 1 N–H and O–H groups in total. The first-order valence-corrected chi connectivity index (χ1v) is 15.4. The number of carbonyl (C=O) groups is 1. The molecule has 1 heterocycles. The number of thioether (sulfide) groups is 1. The topological polar surface area (TPSA) is 106 Å². The Morgan fingerprint density at radius 1 is 0.975 bits per heavy atom. The van der Waals surface area contributed by atoms with Gasteiger partial charge in [-0.3, -0.25) is 4.79 Å². The van der Waals surface area contributed by atoms with Gasteiger partial charge in [0.2, 0.25) is 15.9 Å². The van der Waals surface area contributed by atoms with E-state index in [-0.39, 0.29) is 16.6 Å². The van der Waals surface area contributed by atoms with Crippen molar-refractivity contribution in [1.82, 2.24) is 19.1 Å². The van der Waals surface area contributed by atoms with Crippen LogP contribution in [-0.4, -0.2) is 59.3 Å². The first-order valence-electron chi connectivity index (χ1n) is 13.0. The molecular weight excluding hydrogens is 546 g/mol. The number of anilines is 1. The Morgan fingerprint density at radius 3 is 2.45 bits per heavy atom. The van der Waals surface area contributed by atoms with E-state index < -0.39 is 10.0 Å². The first kappa shape index (κ1) is 29.3. The Morgan fingerprint density at radius 2 is 1.73 bits per heavy atom. The molecule has 40 heavy (non-hydrogen) atoms. The van der Waals surface area contributed by atoms with E-state index in [4.69, 9.17) is 4.74 Å². The molecule has 0 saturated carbocycles. The molecule has 4 rings (SSSR count). The van der Waals surface area contributed by atoms with Crippen LogP contribution in [0.5, 0.6) is 5.75 Å². The number of methoxy groups -OCH3 is 1. The van der Waals surface area contributed by atoms with Crippen molar-refractivity contribution in [2.45, 2.75) is 36.9 Å². The van der Waals surface area contributed by atoms with Crippen molar-refractivity contribution < 1.29 is 17.9 Å². The number of hydrogen-bond donors (Lipinski definition) is 1. The van der Waals surface area contributed by atoms with E-state index in [0.717, 1.165) is 5.56 Å². The number of aromatic nitrogens is 3. The van der Waals surface area contributed by atoms with Crippen LogP contribution in [0.15, 0.2) is 88.9 Å². The van der Waals surface area contributed by atoms with Crippen molar-refractivity contribution in [1.29, 1.82) is 0 Å². The van der Waals surface area contributed by atoms with E-state index in [0.29, 0.717) is 54.0 Å². The summed E-state index contributed by atoms with van der Waals surface area (Å²) in [5.41, 5.74) is 2.43. The number of carbonyl (C=O) groups excluding carboxylic acids is 1. The molecule has 0 saturated heterocycles. The minimum Gasteiger partial charge on any atom is -0.497 e. The Balaban J connectivity index is 1.60. The summed E-state index contributed by atoms with van der Waals surface area (Å²) in [6.45, 7) is 4.96. The Hall–Kier alpha value is -3.67. The zero-order chi connectivity index (χ0) is 28.5. The lowest BCUT2D eigenvalue weighted by atomic mass is 10.1. The summed E-state index contributed by atoms with van der Waals surface area (Å²) in [6.07, 6.45) is 0.715. The molecular formula is C29H33N5O4S2. The highest BCUT2D eigenvalue weighted by Crippen LogP contribution is 2.28. The van der Waals surface area contributed by atoms with Gasteiger partial charge in [0.1, 0.15) is 5.75 Å². The number of ether oxygens (including phenoxy) is 1. The molecule has 4 aromatic rings. The molecule has 210 valence electrons. The summed E-state index contributed by atoms with van der Waals surface area (Å²) in [7, 11) is -2.07. The summed E-state index contributed by atoms with van der Waals surface area (Å²) in [5, 5.41) is 12.3. The Labute approximate surface area is 239 Å². The first-order chi connectivity index (χ1) is 19.3. The van der Waals surface area contributed by atoms with Gasteiger partial charge in [0.25, 0.3) is 0 Å². The minimum absolute atomic E-state index is 0.122. The number of sulfonamides is 1. The summed E-state index contributed by atoms with van der Waals surface area (Å²) in [6, 6.07) is 24.0. The third kappa shape index (κ3) is 7.09. The second-order valence-electron chi connectivity index (χ2n) is 8.88. The van der Waals surface area contributed by atoms with Gasteiger partial charge in [0.15, 0.2) is 11.0 Å². The van der Waals surface area contributed by atoms with E-state index in [1.165, 1.54) is 16.1 Å². The fourth-order valence-corrected chi connectivity index (χ4v) is 6.50. The van der Waals surface area contributed by atoms with Crippen molar-refractivity contribution >= 4 is 33.4 Å². The third-order valence-corrected chi connectivity index (χ3v) is 9.32. The van der Waals surface area contributed by atoms with Gasteiger partial charge in [-0.25, -0.2) is 8.42 Å². The molecule has 0 atom stereocenters. The molecule has 0 unspecified atom stereocenters. The molecule has 9 nitrogen and oxygen atoms in total. The molecule has 0 aliphatic rings. The average Bonchev–Trinajstić information content (AvgIpc) is 3.39.